The number of benzene rings is 1. The summed E-state index contributed by atoms with van der Waals surface area (Å²) in [4.78, 5) is 0. The summed E-state index contributed by atoms with van der Waals surface area (Å²) in [6.07, 6.45) is 19.7. The lowest BCUT2D eigenvalue weighted by Gasteiger charge is -2.39. The summed E-state index contributed by atoms with van der Waals surface area (Å²) in [6.45, 7) is 9.32. The first-order valence-electron chi connectivity index (χ1n) is 13.1. The second-order valence-corrected chi connectivity index (χ2v) is 11.5. The number of aryl methyl sites for hydroxylation is 2. The summed E-state index contributed by atoms with van der Waals surface area (Å²) in [5.74, 6) is 6.07. The summed E-state index contributed by atoms with van der Waals surface area (Å²) >= 11 is 0. The van der Waals surface area contributed by atoms with Crippen molar-refractivity contribution >= 4 is 0 Å². The van der Waals surface area contributed by atoms with Crippen LogP contribution in [0.1, 0.15) is 119 Å². The van der Waals surface area contributed by atoms with Crippen LogP contribution in [-0.2, 0) is 0 Å². The Morgan fingerprint density at radius 3 is 1.59 bits per heavy atom. The molecule has 1 aromatic rings. The monoisotopic (exact) mass is 394 g/mol. The van der Waals surface area contributed by atoms with E-state index in [1.54, 1.807) is 37.7 Å². The predicted molar refractivity (Wildman–Crippen MR) is 127 cm³/mol. The quantitative estimate of drug-likeness (QED) is 0.478. The first-order chi connectivity index (χ1) is 14.0. The smallest absolute Gasteiger partial charge is 0.0162 e. The fourth-order valence-electron chi connectivity index (χ4n) is 7.16. The Labute approximate surface area is 181 Å². The molecule has 0 amide bonds. The highest BCUT2D eigenvalue weighted by Gasteiger charge is 2.32. The van der Waals surface area contributed by atoms with Crippen LogP contribution < -0.4 is 0 Å². The highest BCUT2D eigenvalue weighted by molar-refractivity contribution is 5.38. The zero-order valence-corrected chi connectivity index (χ0v) is 19.8. The number of hydrogen-bond donors (Lipinski definition) is 0. The van der Waals surface area contributed by atoms with Crippen LogP contribution in [0.3, 0.4) is 0 Å². The van der Waals surface area contributed by atoms with Gasteiger partial charge in [-0.1, -0.05) is 57.6 Å². The maximum atomic E-state index is 2.49. The Morgan fingerprint density at radius 1 is 0.621 bits per heavy atom. The Balaban J connectivity index is 1.22. The van der Waals surface area contributed by atoms with Gasteiger partial charge in [0.05, 0.1) is 0 Å². The van der Waals surface area contributed by atoms with Crippen molar-refractivity contribution in [1.29, 1.82) is 0 Å². The molecule has 0 saturated heterocycles. The van der Waals surface area contributed by atoms with Crippen molar-refractivity contribution in [3.05, 3.63) is 34.4 Å². The van der Waals surface area contributed by atoms with Crippen molar-refractivity contribution in [1.82, 2.24) is 0 Å². The molecule has 4 rings (SSSR count). The van der Waals surface area contributed by atoms with Gasteiger partial charge in [-0.3, -0.25) is 0 Å². The maximum Gasteiger partial charge on any atom is -0.0162 e. The predicted octanol–water partition coefficient (Wildman–Crippen LogP) is 8.91. The van der Waals surface area contributed by atoms with E-state index in [0.717, 1.165) is 35.5 Å². The van der Waals surface area contributed by atoms with Gasteiger partial charge in [0.15, 0.2) is 0 Å². The van der Waals surface area contributed by atoms with Gasteiger partial charge in [-0.2, -0.15) is 0 Å². The molecule has 0 atom stereocenters. The second-order valence-electron chi connectivity index (χ2n) is 11.5. The van der Waals surface area contributed by atoms with E-state index in [9.17, 15) is 0 Å². The van der Waals surface area contributed by atoms with E-state index in [2.05, 4.69) is 39.8 Å². The van der Waals surface area contributed by atoms with E-state index in [-0.39, 0.29) is 0 Å². The summed E-state index contributed by atoms with van der Waals surface area (Å²) in [5.41, 5.74) is 6.11. The molecule has 0 heteroatoms. The zero-order valence-electron chi connectivity index (χ0n) is 19.8. The lowest BCUT2D eigenvalue weighted by atomic mass is 9.66. The maximum absolute atomic E-state index is 2.49. The van der Waals surface area contributed by atoms with Gasteiger partial charge in [-0.15, -0.1) is 0 Å². The molecule has 3 fully saturated rings. The van der Waals surface area contributed by atoms with Crippen molar-refractivity contribution in [2.75, 3.05) is 0 Å². The molecule has 0 nitrogen and oxygen atoms in total. The minimum Gasteiger partial charge on any atom is -0.0625 e. The third kappa shape index (κ3) is 5.29. The molecule has 0 spiro atoms. The van der Waals surface area contributed by atoms with Crippen LogP contribution in [0.5, 0.6) is 0 Å². The van der Waals surface area contributed by atoms with E-state index in [4.69, 9.17) is 0 Å². The van der Waals surface area contributed by atoms with Gasteiger partial charge in [-0.05, 0) is 123 Å². The van der Waals surface area contributed by atoms with E-state index < -0.39 is 0 Å². The Morgan fingerprint density at radius 2 is 1.07 bits per heavy atom. The van der Waals surface area contributed by atoms with Gasteiger partial charge < -0.3 is 0 Å². The molecule has 0 aromatic heterocycles. The molecule has 0 bridgehead atoms. The van der Waals surface area contributed by atoms with E-state index in [1.165, 1.54) is 68.1 Å². The fourth-order valence-corrected chi connectivity index (χ4v) is 7.16. The molecule has 3 aliphatic carbocycles. The van der Waals surface area contributed by atoms with Crippen molar-refractivity contribution in [3.63, 3.8) is 0 Å². The van der Waals surface area contributed by atoms with Crippen LogP contribution in [0.15, 0.2) is 12.1 Å². The average molecular weight is 395 g/mol. The van der Waals surface area contributed by atoms with Crippen molar-refractivity contribution < 1.29 is 0 Å². The van der Waals surface area contributed by atoms with Gasteiger partial charge in [0.1, 0.15) is 0 Å². The molecule has 0 N–H and O–H groups in total. The van der Waals surface area contributed by atoms with Crippen molar-refractivity contribution in [3.8, 4) is 0 Å². The zero-order chi connectivity index (χ0) is 20.4. The molecule has 162 valence electrons. The van der Waals surface area contributed by atoms with Gasteiger partial charge in [0.25, 0.3) is 0 Å². The molecule has 3 saturated carbocycles. The van der Waals surface area contributed by atoms with Crippen LogP contribution in [0.25, 0.3) is 0 Å². The van der Waals surface area contributed by atoms with Crippen molar-refractivity contribution in [2.24, 2.45) is 29.6 Å². The number of hydrogen-bond acceptors (Lipinski definition) is 0. The third-order valence-electron chi connectivity index (χ3n) is 9.55. The van der Waals surface area contributed by atoms with Crippen LogP contribution in [0.2, 0.25) is 0 Å². The molecule has 3 aliphatic rings. The van der Waals surface area contributed by atoms with Gasteiger partial charge in [0.2, 0.25) is 0 Å². The summed E-state index contributed by atoms with van der Waals surface area (Å²) < 4.78 is 0. The SMILES string of the molecule is Cc1cc(C2CCC(C3CCC(CC4CCC(C)CC4)CC3)CC2)cc(C)c1C. The van der Waals surface area contributed by atoms with E-state index in [0.29, 0.717) is 0 Å². The highest BCUT2D eigenvalue weighted by atomic mass is 14.4. The minimum atomic E-state index is 0.828. The summed E-state index contributed by atoms with van der Waals surface area (Å²) in [7, 11) is 0. The highest BCUT2D eigenvalue weighted by Crippen LogP contribution is 2.46. The molecule has 0 radical (unpaired) electrons. The molecule has 29 heavy (non-hydrogen) atoms. The summed E-state index contributed by atoms with van der Waals surface area (Å²) in [6, 6.07) is 4.98. The van der Waals surface area contributed by atoms with Crippen LogP contribution in [0, 0.1) is 50.4 Å². The van der Waals surface area contributed by atoms with E-state index >= 15 is 0 Å². The lowest BCUT2D eigenvalue weighted by molar-refractivity contribution is 0.140. The van der Waals surface area contributed by atoms with E-state index in [1.807, 2.05) is 0 Å². The van der Waals surface area contributed by atoms with Gasteiger partial charge in [-0.25, -0.2) is 0 Å². The largest absolute Gasteiger partial charge is 0.0625 e. The summed E-state index contributed by atoms with van der Waals surface area (Å²) in [5, 5.41) is 0. The standard InChI is InChI=1S/C29H46/c1-20-5-7-24(8-6-20)19-25-9-11-26(12-10-25)27-13-15-28(16-14-27)29-17-21(2)23(4)22(3)18-29/h17-18,20,24-28H,5-16,19H2,1-4H3. The molecule has 1 aromatic carbocycles. The van der Waals surface area contributed by atoms with Crippen molar-refractivity contribution in [2.45, 2.75) is 117 Å². The molecule has 0 unspecified atom stereocenters. The minimum absolute atomic E-state index is 0.828. The molecular weight excluding hydrogens is 348 g/mol. The first-order valence-corrected chi connectivity index (χ1v) is 13.1. The normalized spacial score (nSPS) is 36.1. The topological polar surface area (TPSA) is 0 Å². The second kappa shape index (κ2) is 9.57. The van der Waals surface area contributed by atoms with Gasteiger partial charge >= 0.3 is 0 Å². The fraction of sp³-hybridized carbons (Fsp3) is 0.793. The lowest BCUT2D eigenvalue weighted by Crippen LogP contribution is -2.26. The first kappa shape index (κ1) is 21.5. The average Bonchev–Trinajstić information content (AvgIpc) is 2.74. The third-order valence-corrected chi connectivity index (χ3v) is 9.55. The Bertz CT molecular complexity index is 624. The van der Waals surface area contributed by atoms with Crippen LogP contribution >= 0.6 is 0 Å². The molecule has 0 heterocycles. The molecule has 0 aliphatic heterocycles. The Hall–Kier alpha value is -0.780. The van der Waals surface area contributed by atoms with Crippen LogP contribution in [-0.4, -0.2) is 0 Å². The van der Waals surface area contributed by atoms with Gasteiger partial charge in [0, 0.05) is 0 Å². The van der Waals surface area contributed by atoms with Crippen LogP contribution in [0.4, 0.5) is 0 Å². The number of rotatable bonds is 4. The Kier molecular flexibility index (Phi) is 7.08. The molecular formula is C29H46.